The average Bonchev–Trinajstić information content (AvgIpc) is 1.79. The molecule has 0 aromatic carbocycles. The number of rotatable bonds is 5. The molecule has 0 amide bonds. The molecule has 0 aliphatic heterocycles. The Morgan fingerprint density at radius 2 is 1.30 bits per heavy atom. The van der Waals surface area contributed by atoms with Crippen LogP contribution in [-0.2, 0) is 0 Å². The van der Waals surface area contributed by atoms with Gasteiger partial charge in [-0.15, -0.1) is 0 Å². The molecule has 0 saturated carbocycles. The highest BCUT2D eigenvalue weighted by Gasteiger charge is 1.96. The van der Waals surface area contributed by atoms with Crippen LogP contribution in [0.15, 0.2) is 0 Å². The lowest BCUT2D eigenvalue weighted by atomic mass is 10.4. The molecule has 0 bridgehead atoms. The van der Waals surface area contributed by atoms with Crippen molar-refractivity contribution in [1.82, 2.24) is 0 Å². The van der Waals surface area contributed by atoms with Crippen molar-refractivity contribution in [3.05, 3.63) is 0 Å². The molecule has 0 spiro atoms. The molecule has 0 aliphatic carbocycles. The van der Waals surface area contributed by atoms with Crippen LogP contribution in [0.4, 0.5) is 0 Å². The molecule has 4 N–H and O–H groups in total. The quantitative estimate of drug-likeness (QED) is 0.491. The molecule has 0 saturated heterocycles. The molecule has 0 aromatic rings. The summed E-state index contributed by atoms with van der Waals surface area (Å²) in [7, 11) is 3.60. The van der Waals surface area contributed by atoms with Crippen LogP contribution in [0.1, 0.15) is 13.8 Å². The molecule has 0 radical (unpaired) electrons. The summed E-state index contributed by atoms with van der Waals surface area (Å²) in [6.45, 7) is 4.03. The Labute approximate surface area is 70.9 Å². The zero-order valence-corrected chi connectivity index (χ0v) is 8.17. The minimum absolute atomic E-state index is 0.297. The van der Waals surface area contributed by atoms with E-state index in [2.05, 4.69) is 0 Å². The van der Waals surface area contributed by atoms with E-state index in [1.807, 2.05) is 13.8 Å². The first kappa shape index (κ1) is 10.6. The van der Waals surface area contributed by atoms with Gasteiger partial charge in [-0.2, -0.15) is 0 Å². The van der Waals surface area contributed by atoms with E-state index in [-0.39, 0.29) is 0 Å². The molecule has 0 rings (SSSR count). The van der Waals surface area contributed by atoms with Crippen molar-refractivity contribution in [2.24, 2.45) is 11.5 Å². The summed E-state index contributed by atoms with van der Waals surface area (Å²) in [4.78, 5) is 0. The Hall–Kier alpha value is 0.620. The third-order valence-electron chi connectivity index (χ3n) is 0.745. The molecular formula is C6H16N2S2. The predicted molar refractivity (Wildman–Crippen MR) is 52.2 cm³/mol. The third kappa shape index (κ3) is 8.62. The van der Waals surface area contributed by atoms with E-state index in [0.29, 0.717) is 12.1 Å². The van der Waals surface area contributed by atoms with E-state index in [9.17, 15) is 0 Å². The zero-order chi connectivity index (χ0) is 7.98. The summed E-state index contributed by atoms with van der Waals surface area (Å²) in [6, 6.07) is 0.594. The molecule has 4 heteroatoms. The second-order valence-electron chi connectivity index (χ2n) is 2.52. The lowest BCUT2D eigenvalue weighted by molar-refractivity contribution is 0.846. The lowest BCUT2D eigenvalue weighted by Gasteiger charge is -2.05. The summed E-state index contributed by atoms with van der Waals surface area (Å²) in [5.41, 5.74) is 11.1. The van der Waals surface area contributed by atoms with Gasteiger partial charge in [0, 0.05) is 23.6 Å². The molecule has 0 aliphatic rings. The van der Waals surface area contributed by atoms with Gasteiger partial charge in [0.1, 0.15) is 0 Å². The van der Waals surface area contributed by atoms with E-state index < -0.39 is 0 Å². The van der Waals surface area contributed by atoms with E-state index in [1.54, 1.807) is 21.6 Å². The van der Waals surface area contributed by atoms with Gasteiger partial charge >= 0.3 is 0 Å². The maximum Gasteiger partial charge on any atom is 0.0186 e. The molecule has 2 atom stereocenters. The largest absolute Gasteiger partial charge is 0.327 e. The smallest absolute Gasteiger partial charge is 0.0186 e. The van der Waals surface area contributed by atoms with Crippen LogP contribution in [0.5, 0.6) is 0 Å². The Kier molecular flexibility index (Phi) is 6.73. The third-order valence-corrected chi connectivity index (χ3v) is 3.55. The maximum absolute atomic E-state index is 5.54. The lowest BCUT2D eigenvalue weighted by Crippen LogP contribution is -2.19. The SMILES string of the molecule is CC(N)CSSCC(C)N. The van der Waals surface area contributed by atoms with Crippen molar-refractivity contribution in [3.8, 4) is 0 Å². The van der Waals surface area contributed by atoms with Gasteiger partial charge in [0.05, 0.1) is 0 Å². The van der Waals surface area contributed by atoms with E-state index >= 15 is 0 Å². The molecule has 0 fully saturated rings. The standard InChI is InChI=1S/C6H16N2S2/c1-5(7)3-9-10-4-6(2)8/h5-6H,3-4,7-8H2,1-2H3. The zero-order valence-electron chi connectivity index (χ0n) is 6.54. The van der Waals surface area contributed by atoms with Crippen LogP contribution in [0.25, 0.3) is 0 Å². The minimum atomic E-state index is 0.297. The van der Waals surface area contributed by atoms with Gasteiger partial charge in [-0.05, 0) is 13.8 Å². The summed E-state index contributed by atoms with van der Waals surface area (Å²) < 4.78 is 0. The molecule has 62 valence electrons. The average molecular weight is 180 g/mol. The van der Waals surface area contributed by atoms with E-state index in [1.165, 1.54) is 0 Å². The van der Waals surface area contributed by atoms with E-state index in [4.69, 9.17) is 11.5 Å². The van der Waals surface area contributed by atoms with Gasteiger partial charge in [-0.3, -0.25) is 0 Å². The fourth-order valence-corrected chi connectivity index (χ4v) is 2.80. The summed E-state index contributed by atoms with van der Waals surface area (Å²) in [5.74, 6) is 2.02. The maximum atomic E-state index is 5.54. The normalized spacial score (nSPS) is 16.8. The monoisotopic (exact) mass is 180 g/mol. The fraction of sp³-hybridized carbons (Fsp3) is 1.00. The Bertz CT molecular complexity index is 66.1. The van der Waals surface area contributed by atoms with Crippen molar-refractivity contribution in [2.45, 2.75) is 25.9 Å². The second kappa shape index (κ2) is 6.34. The summed E-state index contributed by atoms with van der Waals surface area (Å²) >= 11 is 0. The number of hydrogen-bond acceptors (Lipinski definition) is 4. The second-order valence-corrected chi connectivity index (χ2v) is 5.08. The van der Waals surface area contributed by atoms with Crippen LogP contribution < -0.4 is 11.5 Å². The van der Waals surface area contributed by atoms with Gasteiger partial charge in [-0.25, -0.2) is 0 Å². The van der Waals surface area contributed by atoms with Crippen LogP contribution in [0.3, 0.4) is 0 Å². The first-order valence-electron chi connectivity index (χ1n) is 3.38. The highest BCUT2D eigenvalue weighted by atomic mass is 33.1. The molecule has 10 heavy (non-hydrogen) atoms. The van der Waals surface area contributed by atoms with E-state index in [0.717, 1.165) is 11.5 Å². The number of hydrogen-bond donors (Lipinski definition) is 2. The van der Waals surface area contributed by atoms with Crippen molar-refractivity contribution in [3.63, 3.8) is 0 Å². The van der Waals surface area contributed by atoms with Gasteiger partial charge in [0.15, 0.2) is 0 Å². The van der Waals surface area contributed by atoms with Gasteiger partial charge < -0.3 is 11.5 Å². The molecular weight excluding hydrogens is 164 g/mol. The first-order chi connectivity index (χ1) is 4.63. The van der Waals surface area contributed by atoms with Crippen LogP contribution in [0, 0.1) is 0 Å². The van der Waals surface area contributed by atoms with Crippen LogP contribution in [-0.4, -0.2) is 23.6 Å². The number of nitrogens with two attached hydrogens (primary N) is 2. The Morgan fingerprint density at radius 1 is 1.00 bits per heavy atom. The van der Waals surface area contributed by atoms with Crippen molar-refractivity contribution >= 4 is 21.6 Å². The first-order valence-corrected chi connectivity index (χ1v) is 5.87. The van der Waals surface area contributed by atoms with Gasteiger partial charge in [-0.1, -0.05) is 21.6 Å². The van der Waals surface area contributed by atoms with Crippen LogP contribution in [0.2, 0.25) is 0 Å². The highest BCUT2D eigenvalue weighted by Crippen LogP contribution is 2.21. The van der Waals surface area contributed by atoms with Crippen LogP contribution >= 0.6 is 21.6 Å². The molecule has 0 aromatic heterocycles. The topological polar surface area (TPSA) is 52.0 Å². The Balaban J connectivity index is 2.91. The Morgan fingerprint density at radius 3 is 1.50 bits per heavy atom. The predicted octanol–water partition coefficient (Wildman–Crippen LogP) is 1.06. The molecule has 2 unspecified atom stereocenters. The minimum Gasteiger partial charge on any atom is -0.327 e. The molecule has 2 nitrogen and oxygen atoms in total. The van der Waals surface area contributed by atoms with Gasteiger partial charge in [0.25, 0.3) is 0 Å². The van der Waals surface area contributed by atoms with Crippen molar-refractivity contribution in [1.29, 1.82) is 0 Å². The van der Waals surface area contributed by atoms with Crippen molar-refractivity contribution < 1.29 is 0 Å². The highest BCUT2D eigenvalue weighted by molar-refractivity contribution is 8.76. The van der Waals surface area contributed by atoms with Crippen molar-refractivity contribution in [2.75, 3.05) is 11.5 Å². The van der Waals surface area contributed by atoms with Gasteiger partial charge in [0.2, 0.25) is 0 Å². The molecule has 0 heterocycles. The summed E-state index contributed by atoms with van der Waals surface area (Å²) in [5, 5.41) is 0. The fourth-order valence-electron chi connectivity index (χ4n) is 0.311. The summed E-state index contributed by atoms with van der Waals surface area (Å²) in [6.07, 6.45) is 0.